The number of rotatable bonds is 6. The summed E-state index contributed by atoms with van der Waals surface area (Å²) in [5.74, 6) is 1.94. The lowest BCUT2D eigenvalue weighted by atomic mass is 9.98. The van der Waals surface area contributed by atoms with E-state index in [0.717, 1.165) is 29.3 Å². The maximum atomic E-state index is 4.63. The van der Waals surface area contributed by atoms with Crippen LogP contribution in [-0.4, -0.2) is 16.5 Å². The van der Waals surface area contributed by atoms with Crippen LogP contribution in [0.5, 0.6) is 0 Å². The molecule has 0 radical (unpaired) electrons. The zero-order valence-electron chi connectivity index (χ0n) is 15.9. The van der Waals surface area contributed by atoms with Crippen molar-refractivity contribution in [2.24, 2.45) is 0 Å². The number of aryl methyl sites for hydroxylation is 1. The van der Waals surface area contributed by atoms with Crippen LogP contribution in [0.2, 0.25) is 0 Å². The van der Waals surface area contributed by atoms with Gasteiger partial charge in [-0.3, -0.25) is 0 Å². The lowest BCUT2D eigenvalue weighted by molar-refractivity contribution is 0.857. The van der Waals surface area contributed by atoms with Crippen molar-refractivity contribution in [2.45, 2.75) is 33.6 Å². The van der Waals surface area contributed by atoms with Crippen LogP contribution >= 0.6 is 0 Å². The molecule has 0 aliphatic heterocycles. The first-order valence-corrected chi connectivity index (χ1v) is 9.12. The Morgan fingerprint density at radius 3 is 2.38 bits per heavy atom. The molecule has 4 heteroatoms. The molecule has 0 unspecified atom stereocenters. The molecule has 0 saturated carbocycles. The van der Waals surface area contributed by atoms with Crippen molar-refractivity contribution in [3.63, 3.8) is 0 Å². The quantitative estimate of drug-likeness (QED) is 0.596. The van der Waals surface area contributed by atoms with Crippen LogP contribution in [-0.2, 0) is 0 Å². The molecule has 0 fully saturated rings. The number of benzene rings is 2. The Kier molecular flexibility index (Phi) is 5.52. The highest BCUT2D eigenvalue weighted by Crippen LogP contribution is 2.26. The fourth-order valence-electron chi connectivity index (χ4n) is 3.05. The van der Waals surface area contributed by atoms with E-state index in [1.54, 1.807) is 0 Å². The largest absolute Gasteiger partial charge is 0.354 e. The molecule has 0 bridgehead atoms. The van der Waals surface area contributed by atoms with Crippen molar-refractivity contribution in [2.75, 3.05) is 17.2 Å². The summed E-state index contributed by atoms with van der Waals surface area (Å²) in [7, 11) is 0. The Hall–Kier alpha value is -2.88. The summed E-state index contributed by atoms with van der Waals surface area (Å²) in [4.78, 5) is 9.23. The summed E-state index contributed by atoms with van der Waals surface area (Å²) in [6, 6.07) is 18.6. The van der Waals surface area contributed by atoms with E-state index in [0.29, 0.717) is 11.9 Å². The summed E-state index contributed by atoms with van der Waals surface area (Å²) in [6.07, 6.45) is 0. The molecule has 0 atom stereocenters. The SMILES string of the molecule is CCNc1nc(Nc2ccc(C(C)C)c(C)c2)cc(-c2ccccc2)n1. The highest BCUT2D eigenvalue weighted by molar-refractivity contribution is 5.67. The molecule has 0 spiro atoms. The van der Waals surface area contributed by atoms with Crippen molar-refractivity contribution in [1.29, 1.82) is 0 Å². The minimum Gasteiger partial charge on any atom is -0.354 e. The second kappa shape index (κ2) is 8.00. The molecular formula is C22H26N4. The van der Waals surface area contributed by atoms with Crippen molar-refractivity contribution >= 4 is 17.5 Å². The van der Waals surface area contributed by atoms with E-state index >= 15 is 0 Å². The summed E-state index contributed by atoms with van der Waals surface area (Å²) in [6.45, 7) is 9.41. The molecule has 0 aliphatic rings. The first kappa shape index (κ1) is 17.9. The first-order valence-electron chi connectivity index (χ1n) is 9.12. The first-order chi connectivity index (χ1) is 12.6. The number of hydrogen-bond donors (Lipinski definition) is 2. The molecule has 134 valence electrons. The summed E-state index contributed by atoms with van der Waals surface area (Å²) < 4.78 is 0. The molecule has 2 N–H and O–H groups in total. The Labute approximate surface area is 155 Å². The lowest BCUT2D eigenvalue weighted by Crippen LogP contribution is -2.05. The van der Waals surface area contributed by atoms with Gasteiger partial charge >= 0.3 is 0 Å². The van der Waals surface area contributed by atoms with Crippen LogP contribution in [0, 0.1) is 6.92 Å². The summed E-state index contributed by atoms with van der Waals surface area (Å²) >= 11 is 0. The van der Waals surface area contributed by atoms with Crippen LogP contribution in [0.3, 0.4) is 0 Å². The second-order valence-corrected chi connectivity index (χ2v) is 6.71. The van der Waals surface area contributed by atoms with Gasteiger partial charge in [-0.25, -0.2) is 4.98 Å². The van der Waals surface area contributed by atoms with Gasteiger partial charge in [0.25, 0.3) is 0 Å². The molecule has 1 aromatic heterocycles. The second-order valence-electron chi connectivity index (χ2n) is 6.71. The highest BCUT2D eigenvalue weighted by Gasteiger charge is 2.08. The average Bonchev–Trinajstić information content (AvgIpc) is 2.62. The fraction of sp³-hybridized carbons (Fsp3) is 0.273. The van der Waals surface area contributed by atoms with Crippen LogP contribution in [0.25, 0.3) is 11.3 Å². The predicted octanol–water partition coefficient (Wildman–Crippen LogP) is 5.75. The van der Waals surface area contributed by atoms with Gasteiger partial charge in [-0.1, -0.05) is 50.2 Å². The third-order valence-electron chi connectivity index (χ3n) is 4.29. The van der Waals surface area contributed by atoms with Gasteiger partial charge in [0.1, 0.15) is 5.82 Å². The van der Waals surface area contributed by atoms with Crippen LogP contribution in [0.15, 0.2) is 54.6 Å². The summed E-state index contributed by atoms with van der Waals surface area (Å²) in [5, 5.41) is 6.65. The van der Waals surface area contributed by atoms with Crippen LogP contribution in [0.1, 0.15) is 37.8 Å². The fourth-order valence-corrected chi connectivity index (χ4v) is 3.05. The van der Waals surface area contributed by atoms with E-state index in [4.69, 9.17) is 0 Å². The summed E-state index contributed by atoms with van der Waals surface area (Å²) in [5.41, 5.74) is 5.66. The van der Waals surface area contributed by atoms with Gasteiger partial charge in [0, 0.05) is 23.9 Å². The van der Waals surface area contributed by atoms with Crippen molar-refractivity contribution in [3.05, 3.63) is 65.7 Å². The van der Waals surface area contributed by atoms with Gasteiger partial charge in [0.15, 0.2) is 0 Å². The predicted molar refractivity (Wildman–Crippen MR) is 110 cm³/mol. The number of hydrogen-bond acceptors (Lipinski definition) is 4. The van der Waals surface area contributed by atoms with E-state index in [2.05, 4.69) is 71.7 Å². The van der Waals surface area contributed by atoms with Gasteiger partial charge in [-0.15, -0.1) is 0 Å². The normalized spacial score (nSPS) is 10.8. The number of nitrogens with zero attached hydrogens (tertiary/aromatic N) is 2. The Morgan fingerprint density at radius 1 is 0.962 bits per heavy atom. The monoisotopic (exact) mass is 346 g/mol. The van der Waals surface area contributed by atoms with Gasteiger partial charge in [0.2, 0.25) is 5.95 Å². The molecule has 3 rings (SSSR count). The average molecular weight is 346 g/mol. The van der Waals surface area contributed by atoms with Crippen molar-refractivity contribution in [3.8, 4) is 11.3 Å². The van der Waals surface area contributed by atoms with Crippen LogP contribution in [0.4, 0.5) is 17.5 Å². The van der Waals surface area contributed by atoms with Gasteiger partial charge in [-0.05, 0) is 43.0 Å². The lowest BCUT2D eigenvalue weighted by Gasteiger charge is -2.14. The molecule has 26 heavy (non-hydrogen) atoms. The Bertz CT molecular complexity index is 873. The van der Waals surface area contributed by atoms with E-state index in [1.807, 2.05) is 31.2 Å². The number of nitrogens with one attached hydrogen (secondary N) is 2. The topological polar surface area (TPSA) is 49.8 Å². The Balaban J connectivity index is 1.94. The highest BCUT2D eigenvalue weighted by atomic mass is 15.1. The van der Waals surface area contributed by atoms with E-state index in [1.165, 1.54) is 11.1 Å². The minimum atomic E-state index is 0.521. The van der Waals surface area contributed by atoms with Gasteiger partial charge < -0.3 is 10.6 Å². The molecule has 3 aromatic rings. The zero-order chi connectivity index (χ0) is 18.5. The van der Waals surface area contributed by atoms with E-state index in [-0.39, 0.29) is 0 Å². The molecule has 0 saturated heterocycles. The van der Waals surface area contributed by atoms with Crippen LogP contribution < -0.4 is 10.6 Å². The van der Waals surface area contributed by atoms with E-state index < -0.39 is 0 Å². The molecular weight excluding hydrogens is 320 g/mol. The third kappa shape index (κ3) is 4.20. The maximum Gasteiger partial charge on any atom is 0.225 e. The number of aromatic nitrogens is 2. The molecule has 4 nitrogen and oxygen atoms in total. The van der Waals surface area contributed by atoms with Gasteiger partial charge in [0.05, 0.1) is 5.69 Å². The Morgan fingerprint density at radius 2 is 1.73 bits per heavy atom. The third-order valence-corrected chi connectivity index (χ3v) is 4.29. The zero-order valence-corrected chi connectivity index (χ0v) is 15.9. The molecule has 0 aliphatic carbocycles. The molecule has 2 aromatic carbocycles. The maximum absolute atomic E-state index is 4.63. The van der Waals surface area contributed by atoms with Crippen molar-refractivity contribution < 1.29 is 0 Å². The van der Waals surface area contributed by atoms with E-state index in [9.17, 15) is 0 Å². The minimum absolute atomic E-state index is 0.521. The van der Waals surface area contributed by atoms with Gasteiger partial charge in [-0.2, -0.15) is 4.98 Å². The smallest absolute Gasteiger partial charge is 0.225 e. The number of anilines is 3. The molecule has 1 heterocycles. The standard InChI is InChI=1S/C22H26N4/c1-5-23-22-25-20(17-9-7-6-8-10-17)14-21(26-22)24-18-11-12-19(15(2)3)16(4)13-18/h6-15H,5H2,1-4H3,(H2,23,24,25,26). The molecule has 0 amide bonds. The van der Waals surface area contributed by atoms with Crippen molar-refractivity contribution in [1.82, 2.24) is 9.97 Å².